The molecule has 1 unspecified atom stereocenters. The highest BCUT2D eigenvalue weighted by atomic mass is 16.5. The molecule has 4 nitrogen and oxygen atoms in total. The zero-order valence-electron chi connectivity index (χ0n) is 10.1. The number of fused-ring (bicyclic) bond motifs is 2. The Labute approximate surface area is 101 Å². The third-order valence-electron chi connectivity index (χ3n) is 3.89. The average Bonchev–Trinajstić information content (AvgIpc) is 2.64. The van der Waals surface area contributed by atoms with Gasteiger partial charge in [0.25, 0.3) is 0 Å². The first-order chi connectivity index (χ1) is 8.25. The highest BCUT2D eigenvalue weighted by Crippen LogP contribution is 2.47. The molecule has 1 saturated heterocycles. The number of hydrogen-bond donors (Lipinski definition) is 3. The van der Waals surface area contributed by atoms with Crippen LogP contribution < -0.4 is 16.6 Å². The molecule has 3 rings (SSSR count). The van der Waals surface area contributed by atoms with E-state index in [2.05, 4.69) is 35.9 Å². The van der Waals surface area contributed by atoms with Crippen LogP contribution in [0.4, 0.5) is 0 Å². The van der Waals surface area contributed by atoms with Crippen molar-refractivity contribution in [2.45, 2.75) is 31.6 Å². The molecule has 2 aliphatic rings. The fourth-order valence-corrected chi connectivity index (χ4v) is 2.99. The normalized spacial score (nSPS) is 26.1. The molecule has 0 aromatic heterocycles. The van der Waals surface area contributed by atoms with Gasteiger partial charge < -0.3 is 10.1 Å². The molecule has 0 bridgehead atoms. The van der Waals surface area contributed by atoms with Gasteiger partial charge in [0.05, 0.1) is 5.60 Å². The number of nitrogens with one attached hydrogen (secondary N) is 2. The van der Waals surface area contributed by atoms with E-state index in [9.17, 15) is 0 Å². The van der Waals surface area contributed by atoms with Crippen molar-refractivity contribution in [2.24, 2.45) is 5.84 Å². The highest BCUT2D eigenvalue weighted by Gasteiger charge is 2.45. The minimum absolute atomic E-state index is 0.135. The van der Waals surface area contributed by atoms with Crippen molar-refractivity contribution < 1.29 is 4.74 Å². The molecule has 17 heavy (non-hydrogen) atoms. The molecule has 0 saturated carbocycles. The van der Waals surface area contributed by atoms with Crippen molar-refractivity contribution >= 4 is 0 Å². The van der Waals surface area contributed by atoms with Crippen LogP contribution in [0.5, 0.6) is 0 Å². The molecule has 0 aliphatic carbocycles. The summed E-state index contributed by atoms with van der Waals surface area (Å²) in [5.41, 5.74) is 6.43. The lowest BCUT2D eigenvalue weighted by Gasteiger charge is -2.34. The maximum absolute atomic E-state index is 6.19. The van der Waals surface area contributed by atoms with Crippen LogP contribution in [0, 0.1) is 6.92 Å². The Morgan fingerprint density at radius 2 is 2.18 bits per heavy atom. The Balaban J connectivity index is 2.07. The van der Waals surface area contributed by atoms with Crippen molar-refractivity contribution in [3.63, 3.8) is 0 Å². The summed E-state index contributed by atoms with van der Waals surface area (Å²) >= 11 is 0. The minimum Gasteiger partial charge on any atom is -0.347 e. The summed E-state index contributed by atoms with van der Waals surface area (Å²) in [4.78, 5) is 0. The van der Waals surface area contributed by atoms with E-state index in [1.54, 1.807) is 0 Å². The van der Waals surface area contributed by atoms with E-state index in [1.165, 1.54) is 16.7 Å². The van der Waals surface area contributed by atoms with Gasteiger partial charge in [-0.25, -0.2) is 5.43 Å². The van der Waals surface area contributed by atoms with Crippen LogP contribution in [0.1, 0.15) is 35.8 Å². The number of nitrogens with two attached hydrogens (primary N) is 1. The van der Waals surface area contributed by atoms with E-state index < -0.39 is 0 Å². The van der Waals surface area contributed by atoms with Gasteiger partial charge in [-0.15, -0.1) is 0 Å². The number of rotatable bonds is 1. The smallest absolute Gasteiger partial charge is 0.147 e. The summed E-state index contributed by atoms with van der Waals surface area (Å²) in [5, 5.41) is 3.38. The van der Waals surface area contributed by atoms with Crippen molar-refractivity contribution in [2.75, 3.05) is 13.1 Å². The van der Waals surface area contributed by atoms with Gasteiger partial charge in [0.2, 0.25) is 0 Å². The van der Waals surface area contributed by atoms with Gasteiger partial charge in [-0.2, -0.15) is 0 Å². The molecule has 2 heterocycles. The van der Waals surface area contributed by atoms with Gasteiger partial charge in [-0.3, -0.25) is 5.84 Å². The molecular weight excluding hydrogens is 214 g/mol. The number of ether oxygens (including phenoxy) is 1. The highest BCUT2D eigenvalue weighted by molar-refractivity contribution is 5.41. The lowest BCUT2D eigenvalue weighted by Crippen LogP contribution is -2.41. The molecule has 0 amide bonds. The molecule has 0 radical (unpaired) electrons. The van der Waals surface area contributed by atoms with Gasteiger partial charge >= 0.3 is 0 Å². The predicted octanol–water partition coefficient (Wildman–Crippen LogP) is 1.07. The molecular formula is C13H19N3O. The van der Waals surface area contributed by atoms with Crippen molar-refractivity contribution in [3.8, 4) is 0 Å². The predicted molar refractivity (Wildman–Crippen MR) is 66.1 cm³/mol. The van der Waals surface area contributed by atoms with E-state index in [0.717, 1.165) is 25.9 Å². The number of hydrazine groups is 1. The zero-order chi connectivity index (χ0) is 11.9. The Morgan fingerprint density at radius 3 is 2.88 bits per heavy atom. The fraction of sp³-hybridized carbons (Fsp3) is 0.538. The van der Waals surface area contributed by atoms with Crippen LogP contribution in [0.15, 0.2) is 18.2 Å². The van der Waals surface area contributed by atoms with Crippen molar-refractivity contribution in [3.05, 3.63) is 34.9 Å². The lowest BCUT2D eigenvalue weighted by molar-refractivity contribution is -0.106. The van der Waals surface area contributed by atoms with Gasteiger partial charge in [-0.1, -0.05) is 23.8 Å². The molecule has 1 fully saturated rings. The molecule has 2 aliphatic heterocycles. The molecule has 1 aromatic rings. The molecule has 92 valence electrons. The number of aryl methyl sites for hydroxylation is 1. The Hall–Kier alpha value is -0.940. The summed E-state index contributed by atoms with van der Waals surface area (Å²) in [5.74, 6) is 5.59. The van der Waals surface area contributed by atoms with Crippen LogP contribution >= 0.6 is 0 Å². The minimum atomic E-state index is -0.163. The largest absolute Gasteiger partial charge is 0.347 e. The van der Waals surface area contributed by atoms with Crippen molar-refractivity contribution in [1.29, 1.82) is 0 Å². The average molecular weight is 233 g/mol. The van der Waals surface area contributed by atoms with Gasteiger partial charge in [0.1, 0.15) is 6.23 Å². The summed E-state index contributed by atoms with van der Waals surface area (Å²) in [6, 6.07) is 6.50. The quantitative estimate of drug-likeness (QED) is 0.501. The van der Waals surface area contributed by atoms with E-state index in [1.807, 2.05) is 0 Å². The van der Waals surface area contributed by atoms with Gasteiger partial charge in [0.15, 0.2) is 0 Å². The molecule has 1 atom stereocenters. The Bertz CT molecular complexity index is 427. The van der Waals surface area contributed by atoms with E-state index >= 15 is 0 Å². The topological polar surface area (TPSA) is 59.3 Å². The number of hydrogen-bond acceptors (Lipinski definition) is 4. The molecule has 1 spiro atoms. The first-order valence-electron chi connectivity index (χ1n) is 6.21. The second kappa shape index (κ2) is 4.07. The Kier molecular flexibility index (Phi) is 2.67. The maximum atomic E-state index is 6.19. The second-order valence-corrected chi connectivity index (χ2v) is 5.00. The van der Waals surface area contributed by atoms with E-state index in [-0.39, 0.29) is 11.8 Å². The Morgan fingerprint density at radius 1 is 1.41 bits per heavy atom. The zero-order valence-corrected chi connectivity index (χ0v) is 10.1. The van der Waals surface area contributed by atoms with Crippen LogP contribution in [0.2, 0.25) is 0 Å². The molecule has 1 aromatic carbocycles. The molecule has 4 N–H and O–H groups in total. The van der Waals surface area contributed by atoms with Crippen LogP contribution in [0.25, 0.3) is 0 Å². The molecule has 4 heteroatoms. The van der Waals surface area contributed by atoms with Gasteiger partial charge in [0, 0.05) is 5.56 Å². The maximum Gasteiger partial charge on any atom is 0.147 e. The van der Waals surface area contributed by atoms with Crippen molar-refractivity contribution in [1.82, 2.24) is 10.7 Å². The standard InChI is InChI=1S/C13H19N3O/c1-9-2-3-10-11(8-9)13(17-12(10)16-14)4-6-15-7-5-13/h2-3,8,12,15-16H,4-7,14H2,1H3. The number of benzene rings is 1. The SMILES string of the molecule is Cc1ccc2c(c1)C1(CCNCC1)OC2NN. The van der Waals surface area contributed by atoms with Crippen LogP contribution in [0.3, 0.4) is 0 Å². The third kappa shape index (κ3) is 1.68. The lowest BCUT2D eigenvalue weighted by atomic mass is 9.83. The van der Waals surface area contributed by atoms with Crippen LogP contribution in [-0.4, -0.2) is 13.1 Å². The summed E-state index contributed by atoms with van der Waals surface area (Å²) in [6.07, 6.45) is 1.87. The van der Waals surface area contributed by atoms with Crippen LogP contribution in [-0.2, 0) is 10.3 Å². The van der Waals surface area contributed by atoms with E-state index in [0.29, 0.717) is 0 Å². The second-order valence-electron chi connectivity index (χ2n) is 5.00. The summed E-state index contributed by atoms with van der Waals surface area (Å²) in [6.45, 7) is 4.13. The fourth-order valence-electron chi connectivity index (χ4n) is 2.99. The first kappa shape index (κ1) is 11.2. The summed E-state index contributed by atoms with van der Waals surface area (Å²) < 4.78 is 6.19. The number of piperidine rings is 1. The van der Waals surface area contributed by atoms with E-state index in [4.69, 9.17) is 10.6 Å². The monoisotopic (exact) mass is 233 g/mol. The third-order valence-corrected chi connectivity index (χ3v) is 3.89. The van der Waals surface area contributed by atoms with Gasteiger partial charge in [-0.05, 0) is 38.4 Å². The first-order valence-corrected chi connectivity index (χ1v) is 6.21. The summed E-state index contributed by atoms with van der Waals surface area (Å²) in [7, 11) is 0.